The normalized spacial score (nSPS) is 28.3. The van der Waals surface area contributed by atoms with Crippen molar-refractivity contribution >= 4 is 11.6 Å². The highest BCUT2D eigenvalue weighted by atomic mass is 35.5. The topological polar surface area (TPSA) is 52.0 Å². The molecule has 2 bridgehead atoms. The van der Waals surface area contributed by atoms with Crippen LogP contribution in [0.5, 0.6) is 0 Å². The Morgan fingerprint density at radius 3 is 2.47 bits per heavy atom. The number of pyridine rings is 1. The molecule has 1 N–H and O–H groups in total. The summed E-state index contributed by atoms with van der Waals surface area (Å²) in [6.45, 7) is 7.67. The Morgan fingerprint density at radius 1 is 1.23 bits per heavy atom. The van der Waals surface area contributed by atoms with Crippen molar-refractivity contribution in [2.45, 2.75) is 75.5 Å². The van der Waals surface area contributed by atoms with Crippen LogP contribution in [0.4, 0.5) is 0 Å². The number of benzene rings is 1. The first-order valence-electron chi connectivity index (χ1n) is 11.0. The van der Waals surface area contributed by atoms with E-state index in [1.165, 1.54) is 5.56 Å². The molecular weight excluding hydrogens is 392 g/mol. The van der Waals surface area contributed by atoms with E-state index in [-0.39, 0.29) is 5.54 Å². The van der Waals surface area contributed by atoms with Crippen molar-refractivity contribution in [1.29, 1.82) is 5.26 Å². The average Bonchev–Trinajstić information content (AvgIpc) is 2.96. The lowest BCUT2D eigenvalue weighted by atomic mass is 9.71. The summed E-state index contributed by atoms with van der Waals surface area (Å²) in [6.07, 6.45) is 7.45. The molecule has 1 aromatic carbocycles. The zero-order chi connectivity index (χ0) is 21.4. The second kappa shape index (κ2) is 8.30. The van der Waals surface area contributed by atoms with E-state index in [0.717, 1.165) is 37.8 Å². The van der Waals surface area contributed by atoms with E-state index < -0.39 is 5.41 Å². The van der Waals surface area contributed by atoms with Crippen LogP contribution in [0.1, 0.15) is 57.6 Å². The van der Waals surface area contributed by atoms with Gasteiger partial charge >= 0.3 is 0 Å². The molecule has 0 radical (unpaired) electrons. The van der Waals surface area contributed by atoms with Crippen LogP contribution in [0.25, 0.3) is 0 Å². The standard InChI is InChI=1S/C25H31ClN4/c1-18(2)29-24(3,19-7-5-4-6-8-19)17-30-22-9-10-23(30)13-25(12-22,16-27)20-11-21(26)15-28-14-20/h4-8,11,14-15,18,22-23,29H,9-10,12-13,17H2,1-3H3. The van der Waals surface area contributed by atoms with E-state index in [4.69, 9.17) is 11.6 Å². The minimum absolute atomic E-state index is 0.138. The summed E-state index contributed by atoms with van der Waals surface area (Å²) < 4.78 is 0. The maximum Gasteiger partial charge on any atom is 0.0867 e. The number of aromatic nitrogens is 1. The van der Waals surface area contributed by atoms with Gasteiger partial charge in [0.25, 0.3) is 0 Å². The molecule has 5 heteroatoms. The second-order valence-corrected chi connectivity index (χ2v) is 9.98. The minimum atomic E-state index is -0.491. The van der Waals surface area contributed by atoms with Gasteiger partial charge in [-0.25, -0.2) is 0 Å². The number of hydrogen-bond acceptors (Lipinski definition) is 4. The molecule has 2 aromatic rings. The largest absolute Gasteiger partial charge is 0.304 e. The Morgan fingerprint density at radius 2 is 1.90 bits per heavy atom. The molecule has 158 valence electrons. The molecule has 2 saturated heterocycles. The Hall–Kier alpha value is -1.93. The van der Waals surface area contributed by atoms with Crippen LogP contribution in [0.15, 0.2) is 48.8 Å². The number of piperidine rings is 1. The summed E-state index contributed by atoms with van der Waals surface area (Å²) in [5.41, 5.74) is 1.66. The van der Waals surface area contributed by atoms with E-state index in [9.17, 15) is 5.26 Å². The van der Waals surface area contributed by atoms with Crippen LogP contribution in [0.3, 0.4) is 0 Å². The van der Waals surface area contributed by atoms with Gasteiger partial charge in [0.15, 0.2) is 0 Å². The molecule has 2 aliphatic heterocycles. The maximum absolute atomic E-state index is 10.2. The lowest BCUT2D eigenvalue weighted by Gasteiger charge is -2.47. The molecule has 3 heterocycles. The van der Waals surface area contributed by atoms with Crippen molar-refractivity contribution in [3.8, 4) is 6.07 Å². The van der Waals surface area contributed by atoms with Gasteiger partial charge in [-0.15, -0.1) is 0 Å². The summed E-state index contributed by atoms with van der Waals surface area (Å²) in [7, 11) is 0. The van der Waals surface area contributed by atoms with Gasteiger partial charge in [0.1, 0.15) is 0 Å². The quantitative estimate of drug-likeness (QED) is 0.708. The predicted octanol–water partition coefficient (Wildman–Crippen LogP) is 5.04. The Kier molecular flexibility index (Phi) is 5.90. The van der Waals surface area contributed by atoms with Crippen molar-refractivity contribution in [2.24, 2.45) is 0 Å². The van der Waals surface area contributed by atoms with Crippen LogP contribution >= 0.6 is 11.6 Å². The fraction of sp³-hybridized carbons (Fsp3) is 0.520. The molecule has 3 unspecified atom stereocenters. The van der Waals surface area contributed by atoms with Gasteiger partial charge in [-0.05, 0) is 49.8 Å². The third kappa shape index (κ3) is 3.99. The highest BCUT2D eigenvalue weighted by Crippen LogP contribution is 2.48. The zero-order valence-electron chi connectivity index (χ0n) is 18.1. The lowest BCUT2D eigenvalue weighted by Crippen LogP contribution is -2.57. The first-order chi connectivity index (χ1) is 14.3. The van der Waals surface area contributed by atoms with Crippen LogP contribution < -0.4 is 5.32 Å². The summed E-state index contributed by atoms with van der Waals surface area (Å²) in [6, 6.07) is 16.5. The third-order valence-corrected chi connectivity index (χ3v) is 7.13. The van der Waals surface area contributed by atoms with E-state index in [0.29, 0.717) is 23.1 Å². The van der Waals surface area contributed by atoms with Gasteiger partial charge in [0, 0.05) is 37.1 Å². The number of hydrogen-bond donors (Lipinski definition) is 1. The molecule has 0 aliphatic carbocycles. The first-order valence-corrected chi connectivity index (χ1v) is 11.3. The molecular formula is C25H31ClN4. The number of halogens is 1. The van der Waals surface area contributed by atoms with Crippen molar-refractivity contribution in [3.63, 3.8) is 0 Å². The van der Waals surface area contributed by atoms with Crippen LogP contribution in [0.2, 0.25) is 5.02 Å². The monoisotopic (exact) mass is 422 g/mol. The highest BCUT2D eigenvalue weighted by Gasteiger charge is 2.51. The molecule has 0 saturated carbocycles. The van der Waals surface area contributed by atoms with Gasteiger partial charge in [-0.3, -0.25) is 9.88 Å². The molecule has 0 amide bonds. The number of nitrogens with zero attached hydrogens (tertiary/aromatic N) is 3. The number of nitriles is 1. The van der Waals surface area contributed by atoms with E-state index in [2.05, 4.69) is 72.4 Å². The van der Waals surface area contributed by atoms with Gasteiger partial charge in [0.2, 0.25) is 0 Å². The molecule has 3 atom stereocenters. The molecule has 2 fully saturated rings. The van der Waals surface area contributed by atoms with E-state index >= 15 is 0 Å². The predicted molar refractivity (Wildman–Crippen MR) is 121 cm³/mol. The van der Waals surface area contributed by atoms with Gasteiger partial charge in [-0.2, -0.15) is 5.26 Å². The Balaban J connectivity index is 1.61. The Bertz CT molecular complexity index is 908. The van der Waals surface area contributed by atoms with Crippen molar-refractivity contribution in [1.82, 2.24) is 15.2 Å². The summed E-state index contributed by atoms with van der Waals surface area (Å²) in [4.78, 5) is 6.93. The lowest BCUT2D eigenvalue weighted by molar-refractivity contribution is 0.0694. The fourth-order valence-electron chi connectivity index (χ4n) is 5.69. The van der Waals surface area contributed by atoms with Crippen LogP contribution in [-0.4, -0.2) is 34.6 Å². The van der Waals surface area contributed by atoms with Gasteiger partial charge in [0.05, 0.1) is 22.0 Å². The zero-order valence-corrected chi connectivity index (χ0v) is 18.9. The van der Waals surface area contributed by atoms with Crippen LogP contribution in [0, 0.1) is 11.3 Å². The smallest absolute Gasteiger partial charge is 0.0867 e. The van der Waals surface area contributed by atoms with Gasteiger partial charge < -0.3 is 5.32 Å². The number of fused-ring (bicyclic) bond motifs is 2. The second-order valence-electron chi connectivity index (χ2n) is 9.55. The molecule has 0 spiro atoms. The Labute approximate surface area is 185 Å². The minimum Gasteiger partial charge on any atom is -0.304 e. The molecule has 2 aliphatic rings. The number of nitrogens with one attached hydrogen (secondary N) is 1. The summed E-state index contributed by atoms with van der Waals surface area (Å²) in [5, 5.41) is 14.6. The van der Waals surface area contributed by atoms with Crippen molar-refractivity contribution in [3.05, 3.63) is 64.9 Å². The average molecular weight is 423 g/mol. The molecule has 1 aromatic heterocycles. The number of rotatable bonds is 6. The van der Waals surface area contributed by atoms with Crippen molar-refractivity contribution < 1.29 is 0 Å². The van der Waals surface area contributed by atoms with Gasteiger partial charge in [-0.1, -0.05) is 55.8 Å². The summed E-state index contributed by atoms with van der Waals surface area (Å²) >= 11 is 6.21. The van der Waals surface area contributed by atoms with E-state index in [1.807, 2.05) is 12.3 Å². The summed E-state index contributed by atoms with van der Waals surface area (Å²) in [5.74, 6) is 0. The first kappa shape index (κ1) is 21.3. The molecule has 4 rings (SSSR count). The third-order valence-electron chi connectivity index (χ3n) is 6.93. The highest BCUT2D eigenvalue weighted by molar-refractivity contribution is 6.30. The molecule has 30 heavy (non-hydrogen) atoms. The van der Waals surface area contributed by atoms with Crippen molar-refractivity contribution in [2.75, 3.05) is 6.54 Å². The van der Waals surface area contributed by atoms with Crippen LogP contribution in [-0.2, 0) is 11.0 Å². The maximum atomic E-state index is 10.2. The SMILES string of the molecule is CC(C)NC(C)(CN1C2CCC1CC(C#N)(c1cncc(Cl)c1)C2)c1ccccc1. The fourth-order valence-corrected chi connectivity index (χ4v) is 5.87. The van der Waals surface area contributed by atoms with E-state index in [1.54, 1.807) is 6.20 Å². The molecule has 4 nitrogen and oxygen atoms in total.